The van der Waals surface area contributed by atoms with Gasteiger partial charge in [0.1, 0.15) is 0 Å². The maximum atomic E-state index is 10.4. The molecule has 29 heavy (non-hydrogen) atoms. The highest BCUT2D eigenvalue weighted by Gasteiger charge is 2.30. The number of rotatable bonds is 4. The Morgan fingerprint density at radius 3 is 1.90 bits per heavy atom. The Morgan fingerprint density at radius 2 is 1.38 bits per heavy atom. The average molecular weight is 397 g/mol. The summed E-state index contributed by atoms with van der Waals surface area (Å²) in [4.78, 5) is 27.8. The van der Waals surface area contributed by atoms with Crippen LogP contribution in [0.5, 0.6) is 5.75 Å². The Balaban J connectivity index is 0.000000211. The van der Waals surface area contributed by atoms with Crippen molar-refractivity contribution in [3.05, 3.63) is 96.6 Å². The van der Waals surface area contributed by atoms with Crippen LogP contribution in [0.4, 0.5) is 17.1 Å². The van der Waals surface area contributed by atoms with E-state index in [0.717, 1.165) is 0 Å². The van der Waals surface area contributed by atoms with Crippen molar-refractivity contribution >= 4 is 33.9 Å². The number of hydrogen-bond acceptors (Lipinski definition) is 7. The van der Waals surface area contributed by atoms with Crippen LogP contribution in [-0.2, 0) is 0 Å². The van der Waals surface area contributed by atoms with Crippen molar-refractivity contribution in [2.75, 3.05) is 0 Å². The molecular weight excluding hydrogens is 382 g/mol. The monoisotopic (exact) mass is 397 g/mol. The number of nitro groups is 3. The molecule has 10 heteroatoms. The fourth-order valence-corrected chi connectivity index (χ4v) is 2.55. The quantitative estimate of drug-likeness (QED) is 0.481. The van der Waals surface area contributed by atoms with E-state index in [0.29, 0.717) is 12.1 Å². The minimum absolute atomic E-state index is 0.447. The molecule has 0 atom stereocenters. The normalized spacial score (nSPS) is 10.4. The van der Waals surface area contributed by atoms with Gasteiger partial charge in [-0.15, -0.1) is 0 Å². The lowest BCUT2D eigenvalue weighted by molar-refractivity contribution is -0.404. The Labute approximate surface area is 163 Å². The highest BCUT2D eigenvalue weighted by atomic mass is 16.6. The van der Waals surface area contributed by atoms with E-state index >= 15 is 0 Å². The third-order valence-electron chi connectivity index (χ3n) is 3.83. The Bertz CT molecular complexity index is 1090. The number of fused-ring (bicyclic) bond motifs is 1. The summed E-state index contributed by atoms with van der Waals surface area (Å²) in [6.07, 6.45) is 4.21. The maximum Gasteiger partial charge on any atom is 0.324 e. The Hall–Kier alpha value is -4.34. The molecule has 3 aromatic rings. The molecule has 0 spiro atoms. The zero-order chi connectivity index (χ0) is 21.6. The molecule has 0 fully saturated rings. The van der Waals surface area contributed by atoms with Crippen LogP contribution < -0.4 is 0 Å². The molecule has 148 valence electrons. The molecule has 10 nitrogen and oxygen atoms in total. The largest absolute Gasteiger partial charge is 0.497 e. The molecule has 0 aromatic heterocycles. The van der Waals surface area contributed by atoms with Gasteiger partial charge in [-0.25, -0.2) is 0 Å². The number of phenols is 1. The van der Waals surface area contributed by atoms with Crippen LogP contribution in [0.25, 0.3) is 16.8 Å². The van der Waals surface area contributed by atoms with E-state index in [-0.39, 0.29) is 0 Å². The van der Waals surface area contributed by atoms with Gasteiger partial charge in [0.15, 0.2) is 0 Å². The summed E-state index contributed by atoms with van der Waals surface area (Å²) in [5, 5.41) is 42.8. The van der Waals surface area contributed by atoms with Crippen molar-refractivity contribution in [3.8, 4) is 5.75 Å². The van der Waals surface area contributed by atoms with Gasteiger partial charge in [-0.1, -0.05) is 54.6 Å². The number of benzene rings is 3. The maximum absolute atomic E-state index is 10.4. The van der Waals surface area contributed by atoms with Crippen molar-refractivity contribution in [3.63, 3.8) is 0 Å². The molecule has 0 saturated heterocycles. The number of nitro benzene ring substituents is 3. The molecule has 0 bridgehead atoms. The van der Waals surface area contributed by atoms with Gasteiger partial charge in [0.25, 0.3) is 11.4 Å². The Kier molecular flexibility index (Phi) is 6.54. The lowest BCUT2D eigenvalue weighted by Gasteiger charge is -2.00. The van der Waals surface area contributed by atoms with E-state index in [9.17, 15) is 30.3 Å². The number of allylic oxidation sites excluding steroid dienone is 1. The van der Waals surface area contributed by atoms with Gasteiger partial charge in [0.2, 0.25) is 0 Å². The van der Waals surface area contributed by atoms with Crippen molar-refractivity contribution in [1.82, 2.24) is 0 Å². The number of hydrogen-bond donors (Lipinski definition) is 1. The molecular formula is C19H15N3O7. The van der Waals surface area contributed by atoms with Gasteiger partial charge < -0.3 is 5.11 Å². The number of nitrogens with zero attached hydrogens (tertiary/aromatic N) is 3. The van der Waals surface area contributed by atoms with E-state index in [2.05, 4.69) is 54.6 Å². The van der Waals surface area contributed by atoms with Crippen LogP contribution in [0.1, 0.15) is 12.5 Å². The summed E-state index contributed by atoms with van der Waals surface area (Å²) >= 11 is 0. The predicted molar refractivity (Wildman–Crippen MR) is 107 cm³/mol. The Morgan fingerprint density at radius 1 is 0.828 bits per heavy atom. The molecule has 1 N–H and O–H groups in total. The zero-order valence-corrected chi connectivity index (χ0v) is 15.1. The summed E-state index contributed by atoms with van der Waals surface area (Å²) in [6, 6.07) is 15.7. The second-order valence-corrected chi connectivity index (χ2v) is 5.67. The summed E-state index contributed by atoms with van der Waals surface area (Å²) < 4.78 is 0. The van der Waals surface area contributed by atoms with Crippen LogP contribution in [0.15, 0.2) is 60.7 Å². The predicted octanol–water partition coefficient (Wildman–Crippen LogP) is 4.99. The van der Waals surface area contributed by atoms with Crippen LogP contribution in [0.2, 0.25) is 0 Å². The molecule has 0 heterocycles. The minimum atomic E-state index is -1.21. The lowest BCUT2D eigenvalue weighted by Crippen LogP contribution is -1.97. The van der Waals surface area contributed by atoms with E-state index in [1.807, 2.05) is 6.92 Å². The summed E-state index contributed by atoms with van der Waals surface area (Å²) in [6.45, 7) is 2.04. The van der Waals surface area contributed by atoms with Crippen molar-refractivity contribution < 1.29 is 19.9 Å². The third-order valence-corrected chi connectivity index (χ3v) is 3.83. The number of non-ortho nitro benzene ring substituents is 1. The van der Waals surface area contributed by atoms with Crippen LogP contribution >= 0.6 is 0 Å². The highest BCUT2D eigenvalue weighted by molar-refractivity contribution is 5.90. The first-order chi connectivity index (χ1) is 13.8. The topological polar surface area (TPSA) is 150 Å². The first kappa shape index (κ1) is 21.0. The molecule has 3 aromatic carbocycles. The van der Waals surface area contributed by atoms with Crippen molar-refractivity contribution in [2.45, 2.75) is 6.92 Å². The molecule has 0 unspecified atom stereocenters. The summed E-state index contributed by atoms with van der Waals surface area (Å²) in [7, 11) is 0. The van der Waals surface area contributed by atoms with E-state index in [1.165, 1.54) is 16.3 Å². The van der Waals surface area contributed by atoms with Gasteiger partial charge >= 0.3 is 11.4 Å². The first-order valence-electron chi connectivity index (χ1n) is 8.17. The van der Waals surface area contributed by atoms with Gasteiger partial charge in [-0.05, 0) is 23.3 Å². The van der Waals surface area contributed by atoms with Crippen molar-refractivity contribution in [2.24, 2.45) is 0 Å². The van der Waals surface area contributed by atoms with E-state index < -0.39 is 37.6 Å². The molecule has 0 aliphatic heterocycles. The van der Waals surface area contributed by atoms with Crippen LogP contribution in [-0.4, -0.2) is 19.9 Å². The molecule has 0 radical (unpaired) electrons. The van der Waals surface area contributed by atoms with Gasteiger partial charge in [-0.2, -0.15) is 0 Å². The molecule has 3 rings (SSSR count). The van der Waals surface area contributed by atoms with Gasteiger partial charge in [0, 0.05) is 0 Å². The number of aromatic hydroxyl groups is 1. The molecule has 0 amide bonds. The summed E-state index contributed by atoms with van der Waals surface area (Å²) in [5.41, 5.74) is -1.71. The van der Waals surface area contributed by atoms with Gasteiger partial charge in [-0.3, -0.25) is 30.3 Å². The SMILES string of the molecule is C/C=C/c1cccc2ccccc12.O=[N+]([O-])c1cc([N+](=O)[O-])c(O)c([N+](=O)[O-])c1. The summed E-state index contributed by atoms with van der Waals surface area (Å²) in [5.74, 6) is -1.21. The van der Waals surface area contributed by atoms with Gasteiger partial charge in [0.05, 0.1) is 26.9 Å². The van der Waals surface area contributed by atoms with Crippen molar-refractivity contribution in [1.29, 1.82) is 0 Å². The van der Waals surface area contributed by atoms with E-state index in [4.69, 9.17) is 5.11 Å². The standard InChI is InChI=1S/C13H12.C6H3N3O7/c1-2-6-11-8-5-9-12-7-3-4-10-13(11)12;10-6-4(8(13)14)1-3(7(11)12)2-5(6)9(15)16/h2-10H,1H3;1-2,10H/b6-2+;. The highest BCUT2D eigenvalue weighted by Crippen LogP contribution is 2.38. The second kappa shape index (κ2) is 9.04. The minimum Gasteiger partial charge on any atom is -0.497 e. The van der Waals surface area contributed by atoms with Crippen LogP contribution in [0, 0.1) is 30.3 Å². The fourth-order valence-electron chi connectivity index (χ4n) is 2.55. The second-order valence-electron chi connectivity index (χ2n) is 5.67. The average Bonchev–Trinajstić information content (AvgIpc) is 2.68. The first-order valence-corrected chi connectivity index (χ1v) is 8.17. The third kappa shape index (κ3) is 4.89. The lowest BCUT2D eigenvalue weighted by atomic mass is 10.0. The molecule has 0 aliphatic rings. The fraction of sp³-hybridized carbons (Fsp3) is 0.0526. The molecule has 0 aliphatic carbocycles. The number of phenolic OH excluding ortho intramolecular Hbond substituents is 1. The van der Waals surface area contributed by atoms with E-state index in [1.54, 1.807) is 0 Å². The smallest absolute Gasteiger partial charge is 0.324 e. The molecule has 0 saturated carbocycles. The van der Waals surface area contributed by atoms with Crippen LogP contribution in [0.3, 0.4) is 0 Å². The zero-order valence-electron chi connectivity index (χ0n) is 15.1.